The smallest absolute Gasteiger partial charge is 0.0222 e. The van der Waals surface area contributed by atoms with Crippen molar-refractivity contribution in [3.63, 3.8) is 0 Å². The van der Waals surface area contributed by atoms with Crippen LogP contribution in [-0.2, 0) is 0 Å². The SMILES string of the molecule is CCCC1(C)CS1. The molecular weight excluding hydrogens is 104 g/mol. The summed E-state index contributed by atoms with van der Waals surface area (Å²) in [6.07, 6.45) is 2.77. The Balaban J connectivity index is 2.13. The summed E-state index contributed by atoms with van der Waals surface area (Å²) in [5.74, 6) is 1.40. The maximum Gasteiger partial charge on any atom is 0.0222 e. The van der Waals surface area contributed by atoms with Crippen LogP contribution in [0.1, 0.15) is 26.7 Å². The van der Waals surface area contributed by atoms with Crippen LogP contribution in [0.25, 0.3) is 0 Å². The summed E-state index contributed by atoms with van der Waals surface area (Å²) in [6.45, 7) is 4.60. The highest BCUT2D eigenvalue weighted by molar-refractivity contribution is 8.07. The molecule has 0 amide bonds. The van der Waals surface area contributed by atoms with E-state index in [1.165, 1.54) is 18.6 Å². The maximum atomic E-state index is 2.35. The van der Waals surface area contributed by atoms with E-state index in [9.17, 15) is 0 Å². The molecule has 0 spiro atoms. The lowest BCUT2D eigenvalue weighted by Gasteiger charge is -1.99. The van der Waals surface area contributed by atoms with Gasteiger partial charge in [-0.2, -0.15) is 11.8 Å². The minimum absolute atomic E-state index is 0.717. The third-order valence-corrected chi connectivity index (χ3v) is 2.89. The van der Waals surface area contributed by atoms with Gasteiger partial charge in [-0.3, -0.25) is 0 Å². The molecule has 1 unspecified atom stereocenters. The van der Waals surface area contributed by atoms with Crippen LogP contribution in [0.4, 0.5) is 0 Å². The van der Waals surface area contributed by atoms with Gasteiger partial charge in [0.05, 0.1) is 0 Å². The lowest BCUT2D eigenvalue weighted by Crippen LogP contribution is -1.98. The molecule has 0 aliphatic carbocycles. The van der Waals surface area contributed by atoms with E-state index < -0.39 is 0 Å². The van der Waals surface area contributed by atoms with Crippen LogP contribution in [0, 0.1) is 0 Å². The van der Waals surface area contributed by atoms with Gasteiger partial charge in [0.15, 0.2) is 0 Å². The molecule has 0 aromatic heterocycles. The highest BCUT2D eigenvalue weighted by atomic mass is 32.2. The topological polar surface area (TPSA) is 0 Å². The Morgan fingerprint density at radius 3 is 2.43 bits per heavy atom. The Kier molecular flexibility index (Phi) is 1.33. The molecule has 1 rings (SSSR count). The lowest BCUT2D eigenvalue weighted by molar-refractivity contribution is 0.686. The van der Waals surface area contributed by atoms with Gasteiger partial charge < -0.3 is 0 Å². The minimum atomic E-state index is 0.717. The number of rotatable bonds is 2. The standard InChI is InChI=1S/C6H12S/c1-3-4-6(2)5-7-6/h3-5H2,1-2H3. The predicted molar refractivity (Wildman–Crippen MR) is 35.8 cm³/mol. The van der Waals surface area contributed by atoms with Crippen molar-refractivity contribution in [2.75, 3.05) is 5.75 Å². The predicted octanol–water partition coefficient (Wildman–Crippen LogP) is 2.29. The van der Waals surface area contributed by atoms with E-state index in [1.807, 2.05) is 0 Å². The summed E-state index contributed by atoms with van der Waals surface area (Å²) in [7, 11) is 0. The Bertz CT molecular complexity index is 64.6. The van der Waals surface area contributed by atoms with Crippen molar-refractivity contribution in [3.8, 4) is 0 Å². The number of hydrogen-bond acceptors (Lipinski definition) is 1. The molecule has 0 nitrogen and oxygen atoms in total. The third kappa shape index (κ3) is 1.37. The largest absolute Gasteiger partial charge is 0.153 e. The van der Waals surface area contributed by atoms with Crippen LogP contribution in [0.15, 0.2) is 0 Å². The van der Waals surface area contributed by atoms with Gasteiger partial charge in [0, 0.05) is 10.5 Å². The van der Waals surface area contributed by atoms with E-state index >= 15 is 0 Å². The molecule has 1 fully saturated rings. The van der Waals surface area contributed by atoms with Crippen molar-refractivity contribution in [2.45, 2.75) is 31.4 Å². The van der Waals surface area contributed by atoms with E-state index in [-0.39, 0.29) is 0 Å². The highest BCUT2D eigenvalue weighted by Gasteiger charge is 2.36. The Morgan fingerprint density at radius 2 is 2.29 bits per heavy atom. The van der Waals surface area contributed by atoms with Crippen LogP contribution in [0.3, 0.4) is 0 Å². The van der Waals surface area contributed by atoms with Gasteiger partial charge in [-0.15, -0.1) is 0 Å². The molecule has 0 N–H and O–H groups in total. The van der Waals surface area contributed by atoms with Crippen molar-refractivity contribution in [3.05, 3.63) is 0 Å². The molecule has 0 aromatic rings. The minimum Gasteiger partial charge on any atom is -0.153 e. The molecule has 1 saturated heterocycles. The first-order chi connectivity index (χ1) is 3.27. The Morgan fingerprint density at radius 1 is 1.71 bits per heavy atom. The van der Waals surface area contributed by atoms with Gasteiger partial charge in [-0.1, -0.05) is 13.3 Å². The van der Waals surface area contributed by atoms with Gasteiger partial charge in [-0.25, -0.2) is 0 Å². The fourth-order valence-corrected chi connectivity index (χ4v) is 1.54. The lowest BCUT2D eigenvalue weighted by atomic mass is 10.1. The van der Waals surface area contributed by atoms with Crippen molar-refractivity contribution >= 4 is 11.8 Å². The second-order valence-electron chi connectivity index (χ2n) is 2.49. The molecule has 7 heavy (non-hydrogen) atoms. The van der Waals surface area contributed by atoms with Crippen LogP contribution in [0.2, 0.25) is 0 Å². The second kappa shape index (κ2) is 1.70. The Hall–Kier alpha value is 0.350. The molecule has 1 heterocycles. The van der Waals surface area contributed by atoms with E-state index in [4.69, 9.17) is 0 Å². The molecule has 1 aliphatic rings. The Labute approximate surface area is 49.7 Å². The number of thioether (sulfide) groups is 1. The fourth-order valence-electron chi connectivity index (χ4n) is 0.796. The molecule has 1 aliphatic heterocycles. The first-order valence-electron chi connectivity index (χ1n) is 2.91. The van der Waals surface area contributed by atoms with Crippen LogP contribution in [-0.4, -0.2) is 10.5 Å². The maximum absolute atomic E-state index is 2.35. The molecule has 1 atom stereocenters. The number of hydrogen-bond donors (Lipinski definition) is 0. The summed E-state index contributed by atoms with van der Waals surface area (Å²) in [6, 6.07) is 0. The second-order valence-corrected chi connectivity index (χ2v) is 4.05. The van der Waals surface area contributed by atoms with E-state index in [0.717, 1.165) is 4.75 Å². The summed E-state index contributed by atoms with van der Waals surface area (Å²) < 4.78 is 0.717. The third-order valence-electron chi connectivity index (χ3n) is 1.42. The molecule has 0 radical (unpaired) electrons. The van der Waals surface area contributed by atoms with E-state index in [1.54, 1.807) is 0 Å². The summed E-state index contributed by atoms with van der Waals surface area (Å²) in [4.78, 5) is 0. The van der Waals surface area contributed by atoms with Crippen LogP contribution in [0.5, 0.6) is 0 Å². The average molecular weight is 116 g/mol. The van der Waals surface area contributed by atoms with E-state index in [2.05, 4.69) is 25.6 Å². The van der Waals surface area contributed by atoms with Crippen LogP contribution < -0.4 is 0 Å². The molecule has 0 bridgehead atoms. The molecule has 1 heteroatoms. The molecule has 0 saturated carbocycles. The summed E-state index contributed by atoms with van der Waals surface area (Å²) >= 11 is 2.10. The monoisotopic (exact) mass is 116 g/mol. The van der Waals surface area contributed by atoms with Crippen LogP contribution >= 0.6 is 11.8 Å². The quantitative estimate of drug-likeness (QED) is 0.499. The van der Waals surface area contributed by atoms with Gasteiger partial charge in [-0.05, 0) is 13.3 Å². The first-order valence-corrected chi connectivity index (χ1v) is 3.89. The fraction of sp³-hybridized carbons (Fsp3) is 1.00. The van der Waals surface area contributed by atoms with Gasteiger partial charge >= 0.3 is 0 Å². The zero-order chi connectivity index (χ0) is 5.33. The summed E-state index contributed by atoms with van der Waals surface area (Å²) in [5, 5.41) is 0. The van der Waals surface area contributed by atoms with Gasteiger partial charge in [0.25, 0.3) is 0 Å². The van der Waals surface area contributed by atoms with Gasteiger partial charge in [0.2, 0.25) is 0 Å². The molecule has 0 aromatic carbocycles. The van der Waals surface area contributed by atoms with Crippen molar-refractivity contribution < 1.29 is 0 Å². The van der Waals surface area contributed by atoms with Crippen molar-refractivity contribution in [2.24, 2.45) is 0 Å². The molecular formula is C6H12S. The van der Waals surface area contributed by atoms with Gasteiger partial charge in [0.1, 0.15) is 0 Å². The zero-order valence-electron chi connectivity index (χ0n) is 5.03. The first kappa shape index (κ1) is 5.49. The highest BCUT2D eigenvalue weighted by Crippen LogP contribution is 2.47. The van der Waals surface area contributed by atoms with Crippen molar-refractivity contribution in [1.82, 2.24) is 0 Å². The summed E-state index contributed by atoms with van der Waals surface area (Å²) in [5.41, 5.74) is 0. The average Bonchev–Trinajstić information content (AvgIpc) is 2.22. The van der Waals surface area contributed by atoms with E-state index in [0.29, 0.717) is 0 Å². The zero-order valence-corrected chi connectivity index (χ0v) is 5.85. The van der Waals surface area contributed by atoms with Crippen molar-refractivity contribution in [1.29, 1.82) is 0 Å². The molecule has 42 valence electrons. The normalized spacial score (nSPS) is 38.6.